The van der Waals surface area contributed by atoms with Gasteiger partial charge in [0.15, 0.2) is 0 Å². The Bertz CT molecular complexity index is 1470. The molecule has 4 rings (SSSR count). The van der Waals surface area contributed by atoms with Crippen LogP contribution in [0.5, 0.6) is 0 Å². The van der Waals surface area contributed by atoms with Crippen molar-refractivity contribution in [3.05, 3.63) is 83.2 Å². The Morgan fingerprint density at radius 1 is 0.914 bits per heavy atom. The molecule has 0 fully saturated rings. The van der Waals surface area contributed by atoms with E-state index in [0.29, 0.717) is 16.6 Å². The highest BCUT2D eigenvalue weighted by molar-refractivity contribution is 6.26. The summed E-state index contributed by atoms with van der Waals surface area (Å²) in [5.74, 6) is -1.31. The Labute approximate surface area is 204 Å². The molecule has 0 saturated heterocycles. The van der Waals surface area contributed by atoms with E-state index < -0.39 is 11.9 Å². The van der Waals surface area contributed by atoms with Crippen LogP contribution in [0.1, 0.15) is 36.4 Å². The van der Waals surface area contributed by atoms with Crippen molar-refractivity contribution in [1.82, 2.24) is 4.57 Å². The average Bonchev–Trinajstić information content (AvgIpc) is 3.17. The van der Waals surface area contributed by atoms with E-state index in [1.54, 1.807) is 13.8 Å². The molecule has 2 aromatic rings. The lowest BCUT2D eigenvalue weighted by molar-refractivity contribution is -0.139. The van der Waals surface area contributed by atoms with Crippen LogP contribution < -0.4 is 0 Å². The normalized spacial score (nSPS) is 11.5. The number of carbonyl (C=O) groups is 2. The first-order chi connectivity index (χ1) is 16.9. The second-order valence-electron chi connectivity index (χ2n) is 8.11. The molecule has 35 heavy (non-hydrogen) atoms. The number of aromatic nitrogens is 1. The molecule has 2 aliphatic rings. The highest BCUT2D eigenvalue weighted by Gasteiger charge is 2.31. The van der Waals surface area contributed by atoms with Gasteiger partial charge >= 0.3 is 11.9 Å². The molecular weight excluding hydrogens is 440 g/mol. The quantitative estimate of drug-likeness (QED) is 0.268. The second kappa shape index (κ2) is 9.86. The van der Waals surface area contributed by atoms with Crippen LogP contribution >= 0.6 is 0 Å². The summed E-state index contributed by atoms with van der Waals surface area (Å²) in [6, 6.07) is 19.8. The number of hydrogen-bond acceptors (Lipinski definition) is 5. The molecule has 0 atom stereocenters. The largest absolute Gasteiger partial charge is 0.463 e. The van der Waals surface area contributed by atoms with Crippen LogP contribution in [0, 0.1) is 25.2 Å². The minimum absolute atomic E-state index is 0.0418. The van der Waals surface area contributed by atoms with Crippen LogP contribution in [0.15, 0.2) is 60.7 Å². The highest BCUT2D eigenvalue weighted by Crippen LogP contribution is 2.46. The standard InChI is InChI=1S/C29H26N2O4/c1-5-34-25(32)16-23(29(33)35-6-2)28-27-24(17-30)21-10-8-7-9-11-22(21)26(27)19(4)31(28)20-14-12-18(3)13-15-20/h7-16H,5-6H2,1-4H3. The summed E-state index contributed by atoms with van der Waals surface area (Å²) in [6.45, 7) is 7.65. The first-order valence-electron chi connectivity index (χ1n) is 11.5. The van der Waals surface area contributed by atoms with Crippen molar-refractivity contribution in [2.75, 3.05) is 13.2 Å². The van der Waals surface area contributed by atoms with E-state index in [0.717, 1.165) is 33.5 Å². The number of fused-ring (bicyclic) bond motifs is 3. The summed E-state index contributed by atoms with van der Waals surface area (Å²) >= 11 is 0. The SMILES string of the molecule is CCOC(=O)C=C(C(=O)OCC)c1c2c(C#N)c3cccccc-3c2c(C)n1-c1ccc(C)cc1. The molecule has 176 valence electrons. The van der Waals surface area contributed by atoms with Crippen molar-refractivity contribution in [2.24, 2.45) is 0 Å². The molecule has 0 bridgehead atoms. The van der Waals surface area contributed by atoms with Gasteiger partial charge in [-0.25, -0.2) is 9.59 Å². The molecule has 0 spiro atoms. The Morgan fingerprint density at radius 3 is 2.20 bits per heavy atom. The molecule has 0 N–H and O–H groups in total. The Balaban J connectivity index is 2.21. The van der Waals surface area contributed by atoms with Crippen LogP contribution in [0.2, 0.25) is 0 Å². The Hall–Kier alpha value is -4.37. The summed E-state index contributed by atoms with van der Waals surface area (Å²) < 4.78 is 12.4. The lowest BCUT2D eigenvalue weighted by Gasteiger charge is -2.15. The summed E-state index contributed by atoms with van der Waals surface area (Å²) in [5, 5.41) is 11.7. The molecule has 2 aliphatic carbocycles. The van der Waals surface area contributed by atoms with E-state index in [2.05, 4.69) is 6.07 Å². The van der Waals surface area contributed by atoms with Crippen molar-refractivity contribution >= 4 is 28.3 Å². The van der Waals surface area contributed by atoms with Crippen LogP contribution in [-0.2, 0) is 19.1 Å². The monoisotopic (exact) mass is 466 g/mol. The number of hydrogen-bond donors (Lipinski definition) is 0. The fourth-order valence-corrected chi connectivity index (χ4v) is 4.50. The summed E-state index contributed by atoms with van der Waals surface area (Å²) in [6.07, 6.45) is 1.17. The Kier molecular flexibility index (Phi) is 6.70. The van der Waals surface area contributed by atoms with Gasteiger partial charge < -0.3 is 14.0 Å². The predicted molar refractivity (Wildman–Crippen MR) is 135 cm³/mol. The number of aryl methyl sites for hydroxylation is 2. The van der Waals surface area contributed by atoms with Gasteiger partial charge in [0, 0.05) is 33.8 Å². The molecule has 1 aromatic heterocycles. The van der Waals surface area contributed by atoms with Gasteiger partial charge in [-0.15, -0.1) is 0 Å². The van der Waals surface area contributed by atoms with Crippen molar-refractivity contribution in [3.63, 3.8) is 0 Å². The number of benzene rings is 1. The van der Waals surface area contributed by atoms with Crippen molar-refractivity contribution in [2.45, 2.75) is 27.7 Å². The summed E-state index contributed by atoms with van der Waals surface area (Å²) in [4.78, 5) is 25.8. The third-order valence-corrected chi connectivity index (χ3v) is 5.94. The van der Waals surface area contributed by atoms with Gasteiger partial charge in [-0.2, -0.15) is 5.26 Å². The predicted octanol–water partition coefficient (Wildman–Crippen LogP) is 5.73. The maximum absolute atomic E-state index is 13.2. The average molecular weight is 467 g/mol. The number of ether oxygens (including phenoxy) is 2. The molecule has 1 aromatic carbocycles. The van der Waals surface area contributed by atoms with E-state index in [1.807, 2.05) is 73.0 Å². The Morgan fingerprint density at radius 2 is 1.57 bits per heavy atom. The van der Waals surface area contributed by atoms with Crippen LogP contribution in [0.4, 0.5) is 0 Å². The van der Waals surface area contributed by atoms with Gasteiger partial charge in [-0.1, -0.05) is 48.0 Å². The lowest BCUT2D eigenvalue weighted by atomic mass is 10.1. The number of carbonyl (C=O) groups excluding carboxylic acids is 2. The number of rotatable bonds is 6. The lowest BCUT2D eigenvalue weighted by Crippen LogP contribution is -2.14. The second-order valence-corrected chi connectivity index (χ2v) is 8.11. The van der Waals surface area contributed by atoms with E-state index in [1.165, 1.54) is 6.08 Å². The topological polar surface area (TPSA) is 81.3 Å². The number of nitrogens with zero attached hydrogens (tertiary/aromatic N) is 2. The number of esters is 2. The summed E-state index contributed by atoms with van der Waals surface area (Å²) in [5.41, 5.74) is 5.32. The molecule has 0 radical (unpaired) electrons. The molecular formula is C29H26N2O4. The smallest absolute Gasteiger partial charge is 0.340 e. The first kappa shape index (κ1) is 23.8. The van der Waals surface area contributed by atoms with E-state index in [4.69, 9.17) is 9.47 Å². The van der Waals surface area contributed by atoms with Gasteiger partial charge in [0.1, 0.15) is 6.07 Å². The molecule has 0 saturated carbocycles. The minimum atomic E-state index is -0.659. The van der Waals surface area contributed by atoms with Gasteiger partial charge in [-0.05, 0) is 45.4 Å². The zero-order valence-corrected chi connectivity index (χ0v) is 20.2. The van der Waals surface area contributed by atoms with E-state index in [9.17, 15) is 14.9 Å². The van der Waals surface area contributed by atoms with Crippen molar-refractivity contribution in [3.8, 4) is 22.9 Å². The minimum Gasteiger partial charge on any atom is -0.463 e. The highest BCUT2D eigenvalue weighted by atomic mass is 16.5. The molecule has 0 unspecified atom stereocenters. The summed E-state index contributed by atoms with van der Waals surface area (Å²) in [7, 11) is 0. The number of nitriles is 1. The molecule has 0 aliphatic heterocycles. The third kappa shape index (κ3) is 4.17. The van der Waals surface area contributed by atoms with Gasteiger partial charge in [0.2, 0.25) is 0 Å². The molecule has 1 heterocycles. The third-order valence-electron chi connectivity index (χ3n) is 5.94. The maximum atomic E-state index is 13.2. The van der Waals surface area contributed by atoms with Crippen molar-refractivity contribution < 1.29 is 19.1 Å². The zero-order chi connectivity index (χ0) is 25.1. The molecule has 6 heteroatoms. The van der Waals surface area contributed by atoms with Crippen LogP contribution in [0.3, 0.4) is 0 Å². The molecule has 6 nitrogen and oxygen atoms in total. The zero-order valence-electron chi connectivity index (χ0n) is 20.2. The van der Waals surface area contributed by atoms with E-state index in [-0.39, 0.29) is 18.8 Å². The fourth-order valence-electron chi connectivity index (χ4n) is 4.50. The maximum Gasteiger partial charge on any atom is 0.340 e. The first-order valence-corrected chi connectivity index (χ1v) is 11.5. The van der Waals surface area contributed by atoms with Gasteiger partial charge in [-0.3, -0.25) is 0 Å². The van der Waals surface area contributed by atoms with Gasteiger partial charge in [0.05, 0.1) is 30.0 Å². The van der Waals surface area contributed by atoms with Crippen LogP contribution in [-0.4, -0.2) is 29.7 Å². The van der Waals surface area contributed by atoms with Crippen LogP contribution in [0.25, 0.3) is 33.2 Å². The van der Waals surface area contributed by atoms with E-state index >= 15 is 0 Å². The van der Waals surface area contributed by atoms with Gasteiger partial charge in [0.25, 0.3) is 0 Å². The fraction of sp³-hybridized carbons (Fsp3) is 0.207. The molecule has 0 amide bonds. The van der Waals surface area contributed by atoms with Crippen molar-refractivity contribution in [1.29, 1.82) is 5.26 Å².